The molecule has 1 aromatic carbocycles. The highest BCUT2D eigenvalue weighted by Crippen LogP contribution is 2.18. The van der Waals surface area contributed by atoms with Crippen LogP contribution in [0, 0.1) is 17.5 Å². The molecule has 0 bridgehead atoms. The highest BCUT2D eigenvalue weighted by molar-refractivity contribution is 9.10. The van der Waals surface area contributed by atoms with Gasteiger partial charge in [-0.3, -0.25) is 9.78 Å². The van der Waals surface area contributed by atoms with Crippen LogP contribution in [0.15, 0.2) is 35.1 Å². The Kier molecular flexibility index (Phi) is 3.99. The Morgan fingerprint density at radius 1 is 1.16 bits per heavy atom. The van der Waals surface area contributed by atoms with Gasteiger partial charge in [-0.25, -0.2) is 13.2 Å². The Labute approximate surface area is 115 Å². The van der Waals surface area contributed by atoms with Gasteiger partial charge < -0.3 is 0 Å². The maximum Gasteiger partial charge on any atom is 0.195 e. The second kappa shape index (κ2) is 5.52. The fourth-order valence-electron chi connectivity index (χ4n) is 1.57. The molecule has 0 radical (unpaired) electrons. The fourth-order valence-corrected chi connectivity index (χ4v) is 1.99. The quantitative estimate of drug-likeness (QED) is 0.635. The summed E-state index contributed by atoms with van der Waals surface area (Å²) in [6.07, 6.45) is 2.83. The summed E-state index contributed by atoms with van der Waals surface area (Å²) in [5.41, 5.74) is 0.0717. The summed E-state index contributed by atoms with van der Waals surface area (Å²) < 4.78 is 39.9. The van der Waals surface area contributed by atoms with E-state index in [-0.39, 0.29) is 6.42 Å². The number of aromatic nitrogens is 1. The number of rotatable bonds is 3. The Hall–Kier alpha value is -1.69. The van der Waals surface area contributed by atoms with Gasteiger partial charge >= 0.3 is 0 Å². The average Bonchev–Trinajstić information content (AvgIpc) is 2.36. The fraction of sp³-hybridized carbons (Fsp3) is 0.0769. The van der Waals surface area contributed by atoms with Gasteiger partial charge in [0, 0.05) is 23.3 Å². The minimum absolute atomic E-state index is 0.144. The number of carbonyl (C=O) groups is 1. The Bertz CT molecular complexity index is 646. The van der Waals surface area contributed by atoms with Crippen molar-refractivity contribution < 1.29 is 18.0 Å². The number of nitrogens with zero attached hydrogens (tertiary/aromatic N) is 1. The standard InChI is InChI=1S/C13H7BrF3NO/c14-8-3-7(5-18-6-8)4-11(19)9-1-2-10(15)13(17)12(9)16/h1-3,5-6H,4H2. The van der Waals surface area contributed by atoms with Gasteiger partial charge in [0.2, 0.25) is 0 Å². The molecule has 2 rings (SSSR count). The summed E-state index contributed by atoms with van der Waals surface area (Å²) >= 11 is 3.19. The zero-order valence-electron chi connectivity index (χ0n) is 9.46. The molecule has 19 heavy (non-hydrogen) atoms. The molecular formula is C13H7BrF3NO. The van der Waals surface area contributed by atoms with Gasteiger partial charge in [-0.2, -0.15) is 0 Å². The number of Topliss-reactive ketones (excluding diaryl/α,β-unsaturated/α-hetero) is 1. The van der Waals surface area contributed by atoms with E-state index in [0.29, 0.717) is 10.0 Å². The van der Waals surface area contributed by atoms with Crippen LogP contribution in [0.1, 0.15) is 15.9 Å². The number of hydrogen-bond acceptors (Lipinski definition) is 2. The highest BCUT2D eigenvalue weighted by Gasteiger charge is 2.18. The van der Waals surface area contributed by atoms with Crippen molar-refractivity contribution in [1.29, 1.82) is 0 Å². The molecule has 0 N–H and O–H groups in total. The topological polar surface area (TPSA) is 30.0 Å². The summed E-state index contributed by atoms with van der Waals surface area (Å²) in [5, 5.41) is 0. The Morgan fingerprint density at radius 3 is 2.58 bits per heavy atom. The van der Waals surface area contributed by atoms with Gasteiger partial charge in [-0.1, -0.05) is 0 Å². The van der Waals surface area contributed by atoms with E-state index in [1.165, 1.54) is 12.4 Å². The maximum absolute atomic E-state index is 13.4. The van der Waals surface area contributed by atoms with E-state index in [1.54, 1.807) is 6.07 Å². The number of ketones is 1. The predicted molar refractivity (Wildman–Crippen MR) is 66.3 cm³/mol. The van der Waals surface area contributed by atoms with Crippen LogP contribution in [0.25, 0.3) is 0 Å². The molecule has 0 aliphatic carbocycles. The Morgan fingerprint density at radius 2 is 1.89 bits per heavy atom. The molecule has 2 nitrogen and oxygen atoms in total. The first-order valence-corrected chi connectivity index (χ1v) is 6.04. The molecule has 0 saturated heterocycles. The first-order chi connectivity index (χ1) is 8.99. The number of carbonyl (C=O) groups excluding carboxylic acids is 1. The van der Waals surface area contributed by atoms with Crippen molar-refractivity contribution in [3.05, 3.63) is 63.6 Å². The third kappa shape index (κ3) is 3.01. The van der Waals surface area contributed by atoms with Gasteiger partial charge in [0.05, 0.1) is 5.56 Å². The zero-order valence-corrected chi connectivity index (χ0v) is 11.0. The third-order valence-corrected chi connectivity index (χ3v) is 2.90. The van der Waals surface area contributed by atoms with Gasteiger partial charge in [-0.15, -0.1) is 0 Å². The van der Waals surface area contributed by atoms with Crippen molar-refractivity contribution in [3.63, 3.8) is 0 Å². The number of benzene rings is 1. The monoisotopic (exact) mass is 329 g/mol. The van der Waals surface area contributed by atoms with Crippen LogP contribution in [0.3, 0.4) is 0 Å². The molecule has 0 aliphatic heterocycles. The Balaban J connectivity index is 2.28. The molecule has 0 amide bonds. The van der Waals surface area contributed by atoms with Crippen molar-refractivity contribution in [2.75, 3.05) is 0 Å². The third-order valence-electron chi connectivity index (χ3n) is 2.46. The van der Waals surface area contributed by atoms with E-state index in [1.807, 2.05) is 0 Å². The average molecular weight is 330 g/mol. The number of hydrogen-bond donors (Lipinski definition) is 0. The second-order valence-corrected chi connectivity index (χ2v) is 4.75. The summed E-state index contributed by atoms with van der Waals surface area (Å²) in [6, 6.07) is 3.30. The van der Waals surface area contributed by atoms with E-state index < -0.39 is 28.8 Å². The van der Waals surface area contributed by atoms with Gasteiger partial charge in [-0.05, 0) is 39.7 Å². The zero-order chi connectivity index (χ0) is 14.0. The molecule has 0 fully saturated rings. The molecule has 6 heteroatoms. The van der Waals surface area contributed by atoms with Crippen molar-refractivity contribution in [2.45, 2.75) is 6.42 Å². The van der Waals surface area contributed by atoms with Crippen molar-refractivity contribution in [2.24, 2.45) is 0 Å². The van der Waals surface area contributed by atoms with Crippen LogP contribution in [-0.4, -0.2) is 10.8 Å². The smallest absolute Gasteiger partial charge is 0.195 e. The van der Waals surface area contributed by atoms with Crippen LogP contribution in [-0.2, 0) is 6.42 Å². The van der Waals surface area contributed by atoms with E-state index >= 15 is 0 Å². The highest BCUT2D eigenvalue weighted by atomic mass is 79.9. The van der Waals surface area contributed by atoms with Gasteiger partial charge in [0.25, 0.3) is 0 Å². The normalized spacial score (nSPS) is 10.5. The van der Waals surface area contributed by atoms with E-state index in [2.05, 4.69) is 20.9 Å². The summed E-state index contributed by atoms with van der Waals surface area (Å²) in [4.78, 5) is 15.7. The molecule has 0 atom stereocenters. The van der Waals surface area contributed by atoms with Crippen molar-refractivity contribution in [1.82, 2.24) is 4.98 Å². The van der Waals surface area contributed by atoms with E-state index in [9.17, 15) is 18.0 Å². The summed E-state index contributed by atoms with van der Waals surface area (Å²) in [7, 11) is 0. The molecule has 2 aromatic rings. The summed E-state index contributed by atoms with van der Waals surface area (Å²) in [5.74, 6) is -5.07. The first kappa shape index (κ1) is 13.7. The molecule has 1 heterocycles. The molecule has 1 aromatic heterocycles. The van der Waals surface area contributed by atoms with Crippen LogP contribution in [0.5, 0.6) is 0 Å². The molecule has 0 unspecified atom stereocenters. The van der Waals surface area contributed by atoms with Crippen LogP contribution >= 0.6 is 15.9 Å². The molecule has 98 valence electrons. The van der Waals surface area contributed by atoms with Gasteiger partial charge in [0.1, 0.15) is 0 Å². The van der Waals surface area contributed by atoms with Crippen molar-refractivity contribution >= 4 is 21.7 Å². The van der Waals surface area contributed by atoms with E-state index in [0.717, 1.165) is 12.1 Å². The van der Waals surface area contributed by atoms with Crippen LogP contribution < -0.4 is 0 Å². The van der Waals surface area contributed by atoms with E-state index in [4.69, 9.17) is 0 Å². The predicted octanol–water partition coefficient (Wildman–Crippen LogP) is 3.69. The molecule has 0 saturated carbocycles. The lowest BCUT2D eigenvalue weighted by Gasteiger charge is -2.04. The minimum Gasteiger partial charge on any atom is -0.294 e. The van der Waals surface area contributed by atoms with Crippen LogP contribution in [0.4, 0.5) is 13.2 Å². The maximum atomic E-state index is 13.4. The van der Waals surface area contributed by atoms with Crippen molar-refractivity contribution in [3.8, 4) is 0 Å². The molecule has 0 aliphatic rings. The lowest BCUT2D eigenvalue weighted by Crippen LogP contribution is -2.09. The lowest BCUT2D eigenvalue weighted by atomic mass is 10.0. The number of pyridine rings is 1. The lowest BCUT2D eigenvalue weighted by molar-refractivity contribution is 0.0987. The number of halogens is 4. The second-order valence-electron chi connectivity index (χ2n) is 3.83. The largest absolute Gasteiger partial charge is 0.294 e. The SMILES string of the molecule is O=C(Cc1cncc(Br)c1)c1ccc(F)c(F)c1F. The van der Waals surface area contributed by atoms with Crippen LogP contribution in [0.2, 0.25) is 0 Å². The first-order valence-electron chi connectivity index (χ1n) is 5.25. The molecule has 0 spiro atoms. The van der Waals surface area contributed by atoms with Gasteiger partial charge in [0.15, 0.2) is 23.2 Å². The minimum atomic E-state index is -1.64. The molecular weight excluding hydrogens is 323 g/mol. The summed E-state index contributed by atoms with van der Waals surface area (Å²) in [6.45, 7) is 0.